The van der Waals surface area contributed by atoms with Crippen LogP contribution < -0.4 is 14.8 Å². The van der Waals surface area contributed by atoms with Gasteiger partial charge in [0.1, 0.15) is 0 Å². The number of ether oxygens (including phenoxy) is 2. The third-order valence-electron chi connectivity index (χ3n) is 3.58. The summed E-state index contributed by atoms with van der Waals surface area (Å²) in [4.78, 5) is 23.3. The quantitative estimate of drug-likeness (QED) is 0.685. The molecule has 6 nitrogen and oxygen atoms in total. The predicted octanol–water partition coefficient (Wildman–Crippen LogP) is 3.10. The van der Waals surface area contributed by atoms with E-state index in [1.165, 1.54) is 0 Å². The molecule has 134 valence electrons. The lowest BCUT2D eigenvalue weighted by Gasteiger charge is -2.19. The van der Waals surface area contributed by atoms with Crippen LogP contribution in [-0.4, -0.2) is 36.7 Å². The molecule has 24 heavy (non-hydrogen) atoms. The van der Waals surface area contributed by atoms with Gasteiger partial charge in [0.05, 0.1) is 18.6 Å². The number of aliphatic carboxylic acids is 1. The highest BCUT2D eigenvalue weighted by atomic mass is 16.5. The number of rotatable bonds is 10. The van der Waals surface area contributed by atoms with Crippen LogP contribution in [0.1, 0.15) is 50.9 Å². The summed E-state index contributed by atoms with van der Waals surface area (Å²) in [6, 6.07) is 5.04. The van der Waals surface area contributed by atoms with E-state index in [1.807, 2.05) is 13.8 Å². The Labute approximate surface area is 143 Å². The van der Waals surface area contributed by atoms with Crippen molar-refractivity contribution in [2.45, 2.75) is 40.5 Å². The molecule has 0 aliphatic carbocycles. The van der Waals surface area contributed by atoms with Crippen molar-refractivity contribution in [1.29, 1.82) is 0 Å². The van der Waals surface area contributed by atoms with Crippen LogP contribution in [0, 0.1) is 5.41 Å². The van der Waals surface area contributed by atoms with Crippen LogP contribution in [0.25, 0.3) is 0 Å². The van der Waals surface area contributed by atoms with Crippen molar-refractivity contribution in [2.75, 3.05) is 19.8 Å². The van der Waals surface area contributed by atoms with Gasteiger partial charge in [-0.2, -0.15) is 0 Å². The normalized spacial score (nSPS) is 11.0. The minimum Gasteiger partial charge on any atom is -0.490 e. The van der Waals surface area contributed by atoms with Crippen molar-refractivity contribution >= 4 is 11.9 Å². The fourth-order valence-electron chi connectivity index (χ4n) is 1.95. The van der Waals surface area contributed by atoms with Gasteiger partial charge < -0.3 is 19.9 Å². The summed E-state index contributed by atoms with van der Waals surface area (Å²) in [5.74, 6) is -0.00119. The molecule has 1 rings (SSSR count). The molecule has 6 heteroatoms. The second-order valence-corrected chi connectivity index (χ2v) is 6.14. The van der Waals surface area contributed by atoms with Gasteiger partial charge in [-0.1, -0.05) is 6.92 Å². The number of nitrogens with one attached hydrogen (secondary N) is 1. The SMILES string of the molecule is CCCOc1ccc(C(=O)NCCC(C)(C)C(=O)O)cc1OCC. The van der Waals surface area contributed by atoms with E-state index in [4.69, 9.17) is 14.6 Å². The lowest BCUT2D eigenvalue weighted by atomic mass is 9.90. The zero-order valence-corrected chi connectivity index (χ0v) is 14.8. The van der Waals surface area contributed by atoms with Gasteiger partial charge in [-0.25, -0.2) is 0 Å². The first-order valence-electron chi connectivity index (χ1n) is 8.23. The van der Waals surface area contributed by atoms with Crippen LogP contribution >= 0.6 is 0 Å². The van der Waals surface area contributed by atoms with E-state index in [0.29, 0.717) is 36.7 Å². The Morgan fingerprint density at radius 1 is 1.17 bits per heavy atom. The van der Waals surface area contributed by atoms with E-state index in [9.17, 15) is 9.59 Å². The lowest BCUT2D eigenvalue weighted by molar-refractivity contribution is -0.147. The molecule has 0 fully saturated rings. The van der Waals surface area contributed by atoms with Crippen molar-refractivity contribution in [3.8, 4) is 11.5 Å². The van der Waals surface area contributed by atoms with E-state index in [-0.39, 0.29) is 12.5 Å². The third-order valence-corrected chi connectivity index (χ3v) is 3.58. The zero-order valence-electron chi connectivity index (χ0n) is 14.8. The molecule has 0 bridgehead atoms. The van der Waals surface area contributed by atoms with Crippen LogP contribution in [0.3, 0.4) is 0 Å². The molecule has 2 N–H and O–H groups in total. The molecular weight excluding hydrogens is 310 g/mol. The molecular formula is C18H27NO5. The Morgan fingerprint density at radius 2 is 1.88 bits per heavy atom. The van der Waals surface area contributed by atoms with Gasteiger partial charge >= 0.3 is 5.97 Å². The van der Waals surface area contributed by atoms with Crippen molar-refractivity contribution in [1.82, 2.24) is 5.32 Å². The molecule has 0 atom stereocenters. The molecule has 0 aromatic heterocycles. The monoisotopic (exact) mass is 337 g/mol. The summed E-state index contributed by atoms with van der Waals surface area (Å²) in [7, 11) is 0. The van der Waals surface area contributed by atoms with Gasteiger partial charge in [0, 0.05) is 12.1 Å². The molecule has 0 saturated carbocycles. The molecule has 0 aliphatic rings. The van der Waals surface area contributed by atoms with E-state index < -0.39 is 11.4 Å². The van der Waals surface area contributed by atoms with Gasteiger partial charge in [0.2, 0.25) is 0 Å². The van der Waals surface area contributed by atoms with Crippen LogP contribution in [0.5, 0.6) is 11.5 Å². The third kappa shape index (κ3) is 5.76. The number of benzene rings is 1. The fourth-order valence-corrected chi connectivity index (χ4v) is 1.95. The van der Waals surface area contributed by atoms with Crippen LogP contribution in [0.4, 0.5) is 0 Å². The first-order valence-corrected chi connectivity index (χ1v) is 8.23. The van der Waals surface area contributed by atoms with Crippen LogP contribution in [0.2, 0.25) is 0 Å². The molecule has 0 heterocycles. The Bertz CT molecular complexity index is 569. The van der Waals surface area contributed by atoms with E-state index in [1.54, 1.807) is 32.0 Å². The maximum atomic E-state index is 12.2. The smallest absolute Gasteiger partial charge is 0.309 e. The number of carbonyl (C=O) groups is 2. The van der Waals surface area contributed by atoms with Crippen LogP contribution in [-0.2, 0) is 4.79 Å². The Hall–Kier alpha value is -2.24. The predicted molar refractivity (Wildman–Crippen MR) is 91.8 cm³/mol. The summed E-state index contributed by atoms with van der Waals surface area (Å²) in [5.41, 5.74) is -0.419. The Kier molecular flexibility index (Phi) is 7.55. The van der Waals surface area contributed by atoms with Crippen molar-refractivity contribution in [2.24, 2.45) is 5.41 Å². The van der Waals surface area contributed by atoms with Crippen molar-refractivity contribution in [3.63, 3.8) is 0 Å². The van der Waals surface area contributed by atoms with E-state index in [0.717, 1.165) is 6.42 Å². The number of hydrogen-bond acceptors (Lipinski definition) is 4. The van der Waals surface area contributed by atoms with Crippen LogP contribution in [0.15, 0.2) is 18.2 Å². The average Bonchev–Trinajstić information content (AvgIpc) is 2.53. The molecule has 1 amide bonds. The zero-order chi connectivity index (χ0) is 18.2. The van der Waals surface area contributed by atoms with E-state index >= 15 is 0 Å². The molecule has 1 aromatic carbocycles. The van der Waals surface area contributed by atoms with Gasteiger partial charge in [0.25, 0.3) is 5.91 Å². The molecule has 0 saturated heterocycles. The Balaban J connectivity index is 2.73. The van der Waals surface area contributed by atoms with E-state index in [2.05, 4.69) is 5.32 Å². The second kappa shape index (κ2) is 9.15. The van der Waals surface area contributed by atoms with Gasteiger partial charge in [-0.05, 0) is 51.8 Å². The maximum Gasteiger partial charge on any atom is 0.309 e. The highest BCUT2D eigenvalue weighted by Crippen LogP contribution is 2.28. The topological polar surface area (TPSA) is 84.9 Å². The molecule has 0 unspecified atom stereocenters. The first-order chi connectivity index (χ1) is 11.3. The largest absolute Gasteiger partial charge is 0.490 e. The molecule has 0 spiro atoms. The van der Waals surface area contributed by atoms with Gasteiger partial charge in [-0.3, -0.25) is 9.59 Å². The first kappa shape index (κ1) is 19.8. The number of carboxylic acids is 1. The summed E-state index contributed by atoms with van der Waals surface area (Å²) in [6.07, 6.45) is 1.23. The molecule has 0 radical (unpaired) electrons. The number of hydrogen-bond donors (Lipinski definition) is 2. The average molecular weight is 337 g/mol. The maximum absolute atomic E-state index is 12.2. The highest BCUT2D eigenvalue weighted by molar-refractivity contribution is 5.94. The summed E-state index contributed by atoms with van der Waals surface area (Å²) >= 11 is 0. The number of amides is 1. The highest BCUT2D eigenvalue weighted by Gasteiger charge is 2.26. The van der Waals surface area contributed by atoms with Gasteiger partial charge in [-0.15, -0.1) is 0 Å². The van der Waals surface area contributed by atoms with Crippen molar-refractivity contribution in [3.05, 3.63) is 23.8 Å². The molecule has 1 aromatic rings. The minimum atomic E-state index is -0.882. The Morgan fingerprint density at radius 3 is 2.46 bits per heavy atom. The standard InChI is InChI=1S/C18H27NO5/c1-5-11-24-14-8-7-13(12-15(14)23-6-2)16(20)19-10-9-18(3,4)17(21)22/h7-8,12H,5-6,9-11H2,1-4H3,(H,19,20)(H,21,22). The lowest BCUT2D eigenvalue weighted by Crippen LogP contribution is -2.31. The number of carbonyl (C=O) groups excluding carboxylic acids is 1. The summed E-state index contributed by atoms with van der Waals surface area (Å²) in [6.45, 7) is 8.49. The second-order valence-electron chi connectivity index (χ2n) is 6.14. The minimum absolute atomic E-state index is 0.265. The number of carboxylic acid groups (broad SMARTS) is 1. The molecule has 0 aliphatic heterocycles. The summed E-state index contributed by atoms with van der Waals surface area (Å²) < 4.78 is 11.1. The van der Waals surface area contributed by atoms with Gasteiger partial charge in [0.15, 0.2) is 11.5 Å². The fraction of sp³-hybridized carbons (Fsp3) is 0.556. The summed E-state index contributed by atoms with van der Waals surface area (Å²) in [5, 5.41) is 11.8. The van der Waals surface area contributed by atoms with Crippen molar-refractivity contribution < 1.29 is 24.2 Å².